The van der Waals surface area contributed by atoms with Gasteiger partial charge in [-0.2, -0.15) is 5.26 Å². The van der Waals surface area contributed by atoms with Gasteiger partial charge in [0.05, 0.1) is 18.3 Å². The van der Waals surface area contributed by atoms with Gasteiger partial charge in [0.1, 0.15) is 6.26 Å². The van der Waals surface area contributed by atoms with Gasteiger partial charge in [-0.25, -0.2) is 9.78 Å². The van der Waals surface area contributed by atoms with Gasteiger partial charge in [0.25, 0.3) is 0 Å². The second-order valence-corrected chi connectivity index (χ2v) is 4.10. The normalized spacial score (nSPS) is 11.3. The van der Waals surface area contributed by atoms with Crippen LogP contribution in [0.15, 0.2) is 47.2 Å². The molecule has 1 aromatic carbocycles. The average molecular weight is 270 g/mol. The second kappa shape index (κ2) is 6.95. The monoisotopic (exact) mass is 270 g/mol. The van der Waals surface area contributed by atoms with Crippen molar-refractivity contribution < 1.29 is 9.21 Å². The Kier molecular flexibility index (Phi) is 4.73. The van der Waals surface area contributed by atoms with Gasteiger partial charge in [-0.3, -0.25) is 5.32 Å². The zero-order valence-electron chi connectivity index (χ0n) is 10.7. The predicted molar refractivity (Wildman–Crippen MR) is 72.7 cm³/mol. The van der Waals surface area contributed by atoms with E-state index in [1.165, 1.54) is 12.5 Å². The molecule has 2 rings (SSSR count). The Morgan fingerprint density at radius 1 is 1.40 bits per heavy atom. The van der Waals surface area contributed by atoms with Crippen molar-refractivity contribution in [3.8, 4) is 6.07 Å². The molecule has 0 saturated carbocycles. The lowest BCUT2D eigenvalue weighted by molar-refractivity contribution is 0.247. The fourth-order valence-corrected chi connectivity index (χ4v) is 1.79. The lowest BCUT2D eigenvalue weighted by Gasteiger charge is -2.17. The van der Waals surface area contributed by atoms with Crippen molar-refractivity contribution in [2.24, 2.45) is 0 Å². The van der Waals surface area contributed by atoms with E-state index in [-0.39, 0.29) is 12.1 Å². The Morgan fingerprint density at radius 3 is 2.85 bits per heavy atom. The number of nitriles is 1. The van der Waals surface area contributed by atoms with Crippen LogP contribution in [0, 0.1) is 11.3 Å². The summed E-state index contributed by atoms with van der Waals surface area (Å²) in [4.78, 5) is 15.7. The summed E-state index contributed by atoms with van der Waals surface area (Å²) < 4.78 is 4.94. The molecule has 0 saturated heterocycles. The number of carbonyl (C=O) groups excluding carboxylic acids is 1. The summed E-state index contributed by atoms with van der Waals surface area (Å²) in [7, 11) is 0. The van der Waals surface area contributed by atoms with Crippen molar-refractivity contribution in [1.29, 1.82) is 5.26 Å². The summed E-state index contributed by atoms with van der Waals surface area (Å²) in [6, 6.07) is 11.1. The van der Waals surface area contributed by atoms with Crippen molar-refractivity contribution in [2.75, 3.05) is 5.32 Å². The molecule has 102 valence electrons. The van der Waals surface area contributed by atoms with Crippen LogP contribution in [-0.4, -0.2) is 11.0 Å². The Bertz CT molecular complexity index is 575. The Morgan fingerprint density at radius 2 is 2.20 bits per heavy atom. The fraction of sp³-hybridized carbons (Fsp3) is 0.214. The first-order chi connectivity index (χ1) is 9.79. The largest absolute Gasteiger partial charge is 0.432 e. The van der Waals surface area contributed by atoms with Gasteiger partial charge >= 0.3 is 12.0 Å². The first kappa shape index (κ1) is 13.6. The molecule has 1 aromatic heterocycles. The van der Waals surface area contributed by atoms with Crippen molar-refractivity contribution in [3.05, 3.63) is 48.4 Å². The molecule has 6 heteroatoms. The molecule has 2 amide bonds. The lowest BCUT2D eigenvalue weighted by Crippen LogP contribution is -2.32. The number of rotatable bonds is 5. The first-order valence-corrected chi connectivity index (χ1v) is 6.18. The minimum Gasteiger partial charge on any atom is -0.432 e. The number of hydrogen-bond donors (Lipinski definition) is 2. The van der Waals surface area contributed by atoms with E-state index in [9.17, 15) is 4.79 Å². The number of nitrogens with one attached hydrogen (secondary N) is 2. The second-order valence-electron chi connectivity index (χ2n) is 4.10. The highest BCUT2D eigenvalue weighted by Gasteiger charge is 2.15. The molecular formula is C14H14N4O2. The predicted octanol–water partition coefficient (Wildman–Crippen LogP) is 2.84. The number of carbonyl (C=O) groups is 1. The van der Waals surface area contributed by atoms with E-state index in [0.717, 1.165) is 5.56 Å². The molecule has 0 aliphatic carbocycles. The summed E-state index contributed by atoms with van der Waals surface area (Å²) in [5, 5.41) is 14.0. The van der Waals surface area contributed by atoms with Crippen LogP contribution in [-0.2, 0) is 0 Å². The van der Waals surface area contributed by atoms with E-state index in [4.69, 9.17) is 9.68 Å². The molecule has 6 nitrogen and oxygen atoms in total. The summed E-state index contributed by atoms with van der Waals surface area (Å²) in [5.74, 6) is 0. The molecular weight excluding hydrogens is 256 g/mol. The van der Waals surface area contributed by atoms with E-state index < -0.39 is 6.03 Å². The molecule has 0 fully saturated rings. The van der Waals surface area contributed by atoms with Gasteiger partial charge in [0.2, 0.25) is 0 Å². The maximum atomic E-state index is 11.9. The average Bonchev–Trinajstić information content (AvgIpc) is 2.97. The van der Waals surface area contributed by atoms with E-state index in [1.54, 1.807) is 0 Å². The third kappa shape index (κ3) is 3.85. The highest BCUT2D eigenvalue weighted by molar-refractivity contribution is 5.87. The Balaban J connectivity index is 2.00. The Labute approximate surface area is 116 Å². The van der Waals surface area contributed by atoms with Gasteiger partial charge in [-0.1, -0.05) is 30.3 Å². The molecule has 2 N–H and O–H groups in total. The third-order valence-corrected chi connectivity index (χ3v) is 2.70. The van der Waals surface area contributed by atoms with E-state index >= 15 is 0 Å². The number of nitrogens with zero attached hydrogens (tertiary/aromatic N) is 2. The zero-order chi connectivity index (χ0) is 14.2. The molecule has 0 aliphatic rings. The standard InChI is InChI=1S/C14H14N4O2/c15-8-4-7-12(11-5-2-1-3-6-11)17-13(19)18-14-16-9-10-20-14/h1-3,5-6,9-10,12H,4,7H2,(H2,16,17,18,19)/t12-/m0/s1. The van der Waals surface area contributed by atoms with Gasteiger partial charge in [0, 0.05) is 6.42 Å². The number of amides is 2. The van der Waals surface area contributed by atoms with Crippen LogP contribution in [0.25, 0.3) is 0 Å². The summed E-state index contributed by atoms with van der Waals surface area (Å²) >= 11 is 0. The van der Waals surface area contributed by atoms with Crippen molar-refractivity contribution in [3.63, 3.8) is 0 Å². The summed E-state index contributed by atoms with van der Waals surface area (Å²) in [6.45, 7) is 0. The lowest BCUT2D eigenvalue weighted by atomic mass is 10.0. The van der Waals surface area contributed by atoms with Crippen LogP contribution < -0.4 is 10.6 Å². The SMILES string of the molecule is N#CCC[C@H](NC(=O)Nc1ncco1)c1ccccc1. The van der Waals surface area contributed by atoms with Gasteiger partial charge < -0.3 is 9.73 Å². The number of aromatic nitrogens is 1. The molecule has 1 heterocycles. The minimum absolute atomic E-state index is 0.134. The molecule has 0 radical (unpaired) electrons. The van der Waals surface area contributed by atoms with Gasteiger partial charge in [0.15, 0.2) is 0 Å². The third-order valence-electron chi connectivity index (χ3n) is 2.70. The van der Waals surface area contributed by atoms with Crippen molar-refractivity contribution in [1.82, 2.24) is 10.3 Å². The number of anilines is 1. The minimum atomic E-state index is -0.417. The number of oxazole rings is 1. The van der Waals surface area contributed by atoms with Crippen LogP contribution in [0.2, 0.25) is 0 Å². The maximum absolute atomic E-state index is 11.9. The van der Waals surface area contributed by atoms with Crippen molar-refractivity contribution in [2.45, 2.75) is 18.9 Å². The first-order valence-electron chi connectivity index (χ1n) is 6.18. The Hall–Kier alpha value is -2.81. The van der Waals surface area contributed by atoms with Crippen LogP contribution in [0.3, 0.4) is 0 Å². The number of urea groups is 1. The quantitative estimate of drug-likeness (QED) is 0.873. The maximum Gasteiger partial charge on any atom is 0.323 e. The molecule has 0 aliphatic heterocycles. The molecule has 2 aromatic rings. The van der Waals surface area contributed by atoms with Crippen LogP contribution >= 0.6 is 0 Å². The number of benzene rings is 1. The van der Waals surface area contributed by atoms with Gasteiger partial charge in [-0.05, 0) is 12.0 Å². The number of hydrogen-bond acceptors (Lipinski definition) is 4. The van der Waals surface area contributed by atoms with Gasteiger partial charge in [-0.15, -0.1) is 0 Å². The molecule has 0 bridgehead atoms. The molecule has 0 spiro atoms. The van der Waals surface area contributed by atoms with E-state index in [1.807, 2.05) is 30.3 Å². The molecule has 20 heavy (non-hydrogen) atoms. The molecule has 0 unspecified atom stereocenters. The smallest absolute Gasteiger partial charge is 0.323 e. The van der Waals surface area contributed by atoms with Crippen LogP contribution in [0.1, 0.15) is 24.4 Å². The summed E-state index contributed by atoms with van der Waals surface area (Å²) in [5.41, 5.74) is 0.949. The highest BCUT2D eigenvalue weighted by Crippen LogP contribution is 2.18. The topological polar surface area (TPSA) is 91.0 Å². The van der Waals surface area contributed by atoms with Crippen LogP contribution in [0.5, 0.6) is 0 Å². The molecule has 1 atom stereocenters. The fourth-order valence-electron chi connectivity index (χ4n) is 1.79. The summed E-state index contributed by atoms with van der Waals surface area (Å²) in [6.07, 6.45) is 3.72. The zero-order valence-corrected chi connectivity index (χ0v) is 10.7. The van der Waals surface area contributed by atoms with E-state index in [0.29, 0.717) is 12.8 Å². The van der Waals surface area contributed by atoms with Crippen LogP contribution in [0.4, 0.5) is 10.8 Å². The van der Waals surface area contributed by atoms with E-state index in [2.05, 4.69) is 21.7 Å². The highest BCUT2D eigenvalue weighted by atomic mass is 16.4. The van der Waals surface area contributed by atoms with Crippen molar-refractivity contribution >= 4 is 12.0 Å².